The van der Waals surface area contributed by atoms with E-state index in [1.165, 1.54) is 6.07 Å². The quantitative estimate of drug-likeness (QED) is 0.853. The van der Waals surface area contributed by atoms with E-state index in [9.17, 15) is 4.39 Å². The number of piperidine rings is 1. The van der Waals surface area contributed by atoms with E-state index >= 15 is 0 Å². The molecular weight excluding hydrogens is 247 g/mol. The normalized spacial score (nSPS) is 19.7. The number of nitrogens with zero attached hydrogens (tertiary/aromatic N) is 1. The zero-order valence-electron chi connectivity index (χ0n) is 10.6. The van der Waals surface area contributed by atoms with Crippen molar-refractivity contribution in [2.45, 2.75) is 25.8 Å². The van der Waals surface area contributed by atoms with Crippen LogP contribution in [0.3, 0.4) is 0 Å². The lowest BCUT2D eigenvalue weighted by Gasteiger charge is -2.36. The Hall–Kier alpha value is -1.00. The molecule has 1 unspecified atom stereocenters. The van der Waals surface area contributed by atoms with Crippen molar-refractivity contribution in [1.29, 1.82) is 0 Å². The van der Waals surface area contributed by atoms with Crippen molar-refractivity contribution in [3.8, 4) is 0 Å². The minimum Gasteiger partial charge on any atom is -0.392 e. The highest BCUT2D eigenvalue weighted by Crippen LogP contribution is 2.28. The van der Waals surface area contributed by atoms with Crippen molar-refractivity contribution >= 4 is 17.2 Å². The molecule has 1 saturated heterocycles. The molecule has 0 aliphatic carbocycles. The van der Waals surface area contributed by atoms with Crippen LogP contribution in [0.4, 0.5) is 4.39 Å². The highest BCUT2D eigenvalue weighted by molar-refractivity contribution is 7.80. The minimum absolute atomic E-state index is 0.228. The molecule has 1 aromatic carbocycles. The highest BCUT2D eigenvalue weighted by Gasteiger charge is 2.28. The number of halogens is 1. The van der Waals surface area contributed by atoms with E-state index in [4.69, 9.17) is 18.0 Å². The molecule has 4 heteroatoms. The predicted octanol–water partition coefficient (Wildman–Crippen LogP) is 2.88. The van der Waals surface area contributed by atoms with Gasteiger partial charge in [0.1, 0.15) is 5.82 Å². The fourth-order valence-electron chi connectivity index (χ4n) is 2.51. The Balaban J connectivity index is 2.24. The van der Waals surface area contributed by atoms with Gasteiger partial charge in [-0.1, -0.05) is 37.3 Å². The summed E-state index contributed by atoms with van der Waals surface area (Å²) >= 11 is 5.14. The fourth-order valence-corrected chi connectivity index (χ4v) is 2.79. The van der Waals surface area contributed by atoms with Crippen molar-refractivity contribution in [1.82, 2.24) is 4.90 Å². The van der Waals surface area contributed by atoms with Gasteiger partial charge in [-0.2, -0.15) is 0 Å². The average Bonchev–Trinajstić information content (AvgIpc) is 2.34. The van der Waals surface area contributed by atoms with Gasteiger partial charge in [-0.15, -0.1) is 0 Å². The summed E-state index contributed by atoms with van der Waals surface area (Å²) in [5, 5.41) is 0. The molecule has 1 atom stereocenters. The molecule has 0 saturated carbocycles. The standard InChI is InChI=1S/C14H19FN2S/c1-10-6-8-17(9-7-10)13(14(16)18)11-4-2-3-5-12(11)15/h2-5,10,13H,6-9H2,1H3,(H2,16,18). The highest BCUT2D eigenvalue weighted by atomic mass is 32.1. The number of hydrogen-bond donors (Lipinski definition) is 1. The van der Waals surface area contributed by atoms with Crippen LogP contribution in [-0.2, 0) is 0 Å². The molecule has 0 bridgehead atoms. The van der Waals surface area contributed by atoms with E-state index in [1.54, 1.807) is 12.1 Å². The summed E-state index contributed by atoms with van der Waals surface area (Å²) in [6, 6.07) is 6.49. The largest absolute Gasteiger partial charge is 0.392 e. The Morgan fingerprint density at radius 1 is 1.39 bits per heavy atom. The summed E-state index contributed by atoms with van der Waals surface area (Å²) in [6.45, 7) is 4.10. The summed E-state index contributed by atoms with van der Waals surface area (Å²) in [5.41, 5.74) is 6.42. The number of hydrogen-bond acceptors (Lipinski definition) is 2. The Morgan fingerprint density at radius 3 is 2.56 bits per heavy atom. The molecule has 1 heterocycles. The number of thiocarbonyl (C=S) groups is 1. The lowest BCUT2D eigenvalue weighted by molar-refractivity contribution is 0.169. The van der Waals surface area contributed by atoms with Gasteiger partial charge in [0.05, 0.1) is 11.0 Å². The van der Waals surface area contributed by atoms with Crippen LogP contribution in [0.15, 0.2) is 24.3 Å². The summed E-state index contributed by atoms with van der Waals surface area (Å²) in [5.74, 6) is 0.503. The molecule has 0 aromatic heterocycles. The Labute approximate surface area is 113 Å². The third-order valence-corrected chi connectivity index (χ3v) is 3.88. The predicted molar refractivity (Wildman–Crippen MR) is 75.9 cm³/mol. The van der Waals surface area contributed by atoms with Crippen LogP contribution >= 0.6 is 12.2 Å². The Kier molecular flexibility index (Phi) is 4.30. The van der Waals surface area contributed by atoms with Crippen LogP contribution in [0.2, 0.25) is 0 Å². The molecule has 2 rings (SSSR count). The zero-order chi connectivity index (χ0) is 13.1. The van der Waals surface area contributed by atoms with E-state index in [-0.39, 0.29) is 11.9 Å². The molecule has 0 amide bonds. The van der Waals surface area contributed by atoms with Gasteiger partial charge in [0.2, 0.25) is 0 Å². The monoisotopic (exact) mass is 266 g/mol. The van der Waals surface area contributed by atoms with Crippen molar-refractivity contribution in [2.24, 2.45) is 11.7 Å². The van der Waals surface area contributed by atoms with Gasteiger partial charge in [-0.25, -0.2) is 4.39 Å². The Morgan fingerprint density at radius 2 is 2.00 bits per heavy atom. The molecule has 98 valence electrons. The molecule has 0 spiro atoms. The van der Waals surface area contributed by atoms with Crippen molar-refractivity contribution in [3.63, 3.8) is 0 Å². The first-order chi connectivity index (χ1) is 8.59. The molecule has 2 nitrogen and oxygen atoms in total. The van der Waals surface area contributed by atoms with Crippen LogP contribution in [0.25, 0.3) is 0 Å². The van der Waals surface area contributed by atoms with E-state index in [0.29, 0.717) is 10.6 Å². The van der Waals surface area contributed by atoms with Gasteiger partial charge in [-0.3, -0.25) is 4.90 Å². The maximum atomic E-state index is 13.9. The van der Waals surface area contributed by atoms with Crippen molar-refractivity contribution in [2.75, 3.05) is 13.1 Å². The first-order valence-corrected chi connectivity index (χ1v) is 6.78. The molecule has 18 heavy (non-hydrogen) atoms. The number of nitrogens with two attached hydrogens (primary N) is 1. The van der Waals surface area contributed by atoms with Gasteiger partial charge >= 0.3 is 0 Å². The summed E-state index contributed by atoms with van der Waals surface area (Å²) in [6.07, 6.45) is 2.24. The molecular formula is C14H19FN2S. The Bertz CT molecular complexity index is 428. The second-order valence-corrected chi connectivity index (χ2v) is 5.52. The molecule has 0 radical (unpaired) electrons. The number of benzene rings is 1. The third-order valence-electron chi connectivity index (χ3n) is 3.65. The smallest absolute Gasteiger partial charge is 0.128 e. The van der Waals surface area contributed by atoms with Crippen LogP contribution in [0.5, 0.6) is 0 Å². The van der Waals surface area contributed by atoms with Crippen LogP contribution in [-0.4, -0.2) is 23.0 Å². The fraction of sp³-hybridized carbons (Fsp3) is 0.500. The number of likely N-dealkylation sites (tertiary alicyclic amines) is 1. The van der Waals surface area contributed by atoms with E-state index in [0.717, 1.165) is 31.8 Å². The molecule has 1 aliphatic heterocycles. The maximum Gasteiger partial charge on any atom is 0.128 e. The third kappa shape index (κ3) is 2.87. The molecule has 1 fully saturated rings. The van der Waals surface area contributed by atoms with Gasteiger partial charge in [0, 0.05) is 5.56 Å². The lowest BCUT2D eigenvalue weighted by atomic mass is 9.95. The molecule has 1 aromatic rings. The number of rotatable bonds is 3. The SMILES string of the molecule is CC1CCN(C(C(N)=S)c2ccccc2F)CC1. The van der Waals surface area contributed by atoms with Crippen LogP contribution in [0.1, 0.15) is 31.4 Å². The minimum atomic E-state index is -0.270. The second kappa shape index (κ2) is 5.76. The van der Waals surface area contributed by atoms with Gasteiger partial charge < -0.3 is 5.73 Å². The molecule has 2 N–H and O–H groups in total. The summed E-state index contributed by atoms with van der Waals surface area (Å²) in [7, 11) is 0. The zero-order valence-corrected chi connectivity index (χ0v) is 11.4. The topological polar surface area (TPSA) is 29.3 Å². The van der Waals surface area contributed by atoms with Crippen molar-refractivity contribution < 1.29 is 4.39 Å². The van der Waals surface area contributed by atoms with E-state index in [1.807, 2.05) is 6.07 Å². The van der Waals surface area contributed by atoms with Gasteiger partial charge in [0.15, 0.2) is 0 Å². The first kappa shape index (κ1) is 13.4. The second-order valence-electron chi connectivity index (χ2n) is 5.04. The first-order valence-electron chi connectivity index (χ1n) is 6.37. The lowest BCUT2D eigenvalue weighted by Crippen LogP contribution is -2.41. The van der Waals surface area contributed by atoms with Gasteiger partial charge in [-0.05, 0) is 37.9 Å². The summed E-state index contributed by atoms with van der Waals surface area (Å²) < 4.78 is 13.9. The average molecular weight is 266 g/mol. The maximum absolute atomic E-state index is 13.9. The van der Waals surface area contributed by atoms with E-state index < -0.39 is 0 Å². The van der Waals surface area contributed by atoms with Crippen molar-refractivity contribution in [3.05, 3.63) is 35.6 Å². The molecule has 1 aliphatic rings. The van der Waals surface area contributed by atoms with Crippen LogP contribution in [0, 0.1) is 11.7 Å². The summed E-state index contributed by atoms with van der Waals surface area (Å²) in [4.78, 5) is 2.55. The van der Waals surface area contributed by atoms with Crippen LogP contribution < -0.4 is 5.73 Å². The van der Waals surface area contributed by atoms with E-state index in [2.05, 4.69) is 11.8 Å². The van der Waals surface area contributed by atoms with Gasteiger partial charge in [0.25, 0.3) is 0 Å².